The summed E-state index contributed by atoms with van der Waals surface area (Å²) in [5.41, 5.74) is -0.787. The fraction of sp³-hybridized carbons (Fsp3) is 0.500. The molecule has 1 aromatic rings. The molecule has 0 amide bonds. The third-order valence-corrected chi connectivity index (χ3v) is 4.66. The highest BCUT2D eigenvalue weighted by Gasteiger charge is 2.33. The van der Waals surface area contributed by atoms with Crippen molar-refractivity contribution in [1.82, 2.24) is 4.72 Å². The van der Waals surface area contributed by atoms with E-state index >= 15 is 0 Å². The largest absolute Gasteiger partial charge is 0.394 e. The summed E-state index contributed by atoms with van der Waals surface area (Å²) in [7, 11) is -3.95. The minimum atomic E-state index is -3.95. The second-order valence-corrected chi connectivity index (χ2v) is 6.50. The molecule has 0 fully saturated rings. The molecule has 0 aliphatic carbocycles. The van der Waals surface area contributed by atoms with Gasteiger partial charge < -0.3 is 15.3 Å². The number of nitrogens with one attached hydrogen (secondary N) is 1. The van der Waals surface area contributed by atoms with Crippen LogP contribution in [0.3, 0.4) is 0 Å². The molecule has 0 bridgehead atoms. The van der Waals surface area contributed by atoms with E-state index in [-0.39, 0.29) is 4.90 Å². The molecule has 20 heavy (non-hydrogen) atoms. The smallest absolute Gasteiger partial charge is 0.241 e. The summed E-state index contributed by atoms with van der Waals surface area (Å²) < 4.78 is 26.4. The number of rotatable bonds is 8. The predicted octanol–water partition coefficient (Wildman–Crippen LogP) is -0.538. The predicted molar refractivity (Wildman–Crippen MR) is 75.2 cm³/mol. The first-order chi connectivity index (χ1) is 9.43. The molecule has 0 unspecified atom stereocenters. The van der Waals surface area contributed by atoms with Crippen molar-refractivity contribution in [1.29, 1.82) is 0 Å². The van der Waals surface area contributed by atoms with E-state index < -0.39 is 35.4 Å². The van der Waals surface area contributed by atoms with Crippen LogP contribution in [0.15, 0.2) is 29.2 Å². The normalized spacial score (nSPS) is 12.6. The Labute approximate surface area is 123 Å². The molecule has 8 heteroatoms. The van der Waals surface area contributed by atoms with Crippen LogP contribution in [-0.4, -0.2) is 55.0 Å². The highest BCUT2D eigenvalue weighted by atomic mass is 35.5. The van der Waals surface area contributed by atoms with Gasteiger partial charge in [0.05, 0.1) is 24.7 Å². The van der Waals surface area contributed by atoms with E-state index in [1.54, 1.807) is 12.1 Å². The van der Waals surface area contributed by atoms with E-state index in [4.69, 9.17) is 26.9 Å². The number of hydrogen-bond acceptors (Lipinski definition) is 5. The molecule has 1 rings (SSSR count). The average Bonchev–Trinajstić information content (AvgIpc) is 2.46. The molecule has 0 aliphatic rings. The Hall–Kier alpha value is -0.700. The van der Waals surface area contributed by atoms with E-state index in [0.29, 0.717) is 12.3 Å². The van der Waals surface area contributed by atoms with Crippen LogP contribution in [0, 0.1) is 0 Å². The molecule has 0 radical (unpaired) electrons. The quantitative estimate of drug-likeness (QED) is 0.481. The van der Waals surface area contributed by atoms with Gasteiger partial charge in [-0.1, -0.05) is 12.1 Å². The van der Waals surface area contributed by atoms with Crippen molar-refractivity contribution >= 4 is 21.6 Å². The van der Waals surface area contributed by atoms with Crippen LogP contribution >= 0.6 is 11.6 Å². The second kappa shape index (κ2) is 7.35. The summed E-state index contributed by atoms with van der Waals surface area (Å²) in [6, 6.07) is 6.08. The Kier molecular flexibility index (Phi) is 6.38. The lowest BCUT2D eigenvalue weighted by atomic mass is 10.1. The monoisotopic (exact) mass is 323 g/mol. The van der Waals surface area contributed by atoms with E-state index in [1.807, 2.05) is 0 Å². The number of hydrogen-bond donors (Lipinski definition) is 4. The number of alkyl halides is 1. The van der Waals surface area contributed by atoms with Crippen molar-refractivity contribution in [3.8, 4) is 0 Å². The zero-order valence-corrected chi connectivity index (χ0v) is 12.4. The van der Waals surface area contributed by atoms with Gasteiger partial charge in [-0.2, -0.15) is 4.72 Å². The van der Waals surface area contributed by atoms with Crippen LogP contribution in [0.5, 0.6) is 0 Å². The van der Waals surface area contributed by atoms with Crippen molar-refractivity contribution in [2.24, 2.45) is 0 Å². The Morgan fingerprint density at radius 1 is 1.05 bits per heavy atom. The molecule has 0 saturated heterocycles. The van der Waals surface area contributed by atoms with Crippen molar-refractivity contribution < 1.29 is 23.7 Å². The van der Waals surface area contributed by atoms with Gasteiger partial charge in [0.25, 0.3) is 0 Å². The van der Waals surface area contributed by atoms with Gasteiger partial charge >= 0.3 is 0 Å². The van der Waals surface area contributed by atoms with E-state index in [9.17, 15) is 8.42 Å². The highest BCUT2D eigenvalue weighted by Crippen LogP contribution is 2.14. The lowest BCUT2D eigenvalue weighted by molar-refractivity contribution is 0.0582. The standard InChI is InChI=1S/C12H18ClNO5S/c13-6-5-10-1-3-11(4-2-10)20(18,19)14-12(7-15,8-16)9-17/h1-4,14-17H,5-9H2. The number of sulfonamides is 1. The van der Waals surface area contributed by atoms with Crippen LogP contribution in [0.25, 0.3) is 0 Å². The fourth-order valence-corrected chi connectivity index (χ4v) is 3.13. The molecule has 4 N–H and O–H groups in total. The SMILES string of the molecule is O=S(=O)(NC(CO)(CO)CO)c1ccc(CCCl)cc1. The van der Waals surface area contributed by atoms with Crippen LogP contribution in [0.4, 0.5) is 0 Å². The van der Waals surface area contributed by atoms with Gasteiger partial charge in [0.15, 0.2) is 0 Å². The van der Waals surface area contributed by atoms with Gasteiger partial charge in [0.1, 0.15) is 5.54 Å². The number of aryl methyl sites for hydroxylation is 1. The lowest BCUT2D eigenvalue weighted by Gasteiger charge is -2.28. The maximum absolute atomic E-state index is 12.1. The lowest BCUT2D eigenvalue weighted by Crippen LogP contribution is -2.56. The van der Waals surface area contributed by atoms with Crippen molar-refractivity contribution in [2.75, 3.05) is 25.7 Å². The van der Waals surface area contributed by atoms with Gasteiger partial charge in [-0.25, -0.2) is 8.42 Å². The van der Waals surface area contributed by atoms with Crippen molar-refractivity contribution in [3.63, 3.8) is 0 Å². The summed E-state index contributed by atoms with van der Waals surface area (Å²) in [6.45, 7) is -2.16. The third kappa shape index (κ3) is 4.15. The van der Waals surface area contributed by atoms with Gasteiger partial charge in [-0.3, -0.25) is 0 Å². The van der Waals surface area contributed by atoms with Crippen LogP contribution in [0.1, 0.15) is 5.56 Å². The fourth-order valence-electron chi connectivity index (χ4n) is 1.54. The molecule has 0 spiro atoms. The van der Waals surface area contributed by atoms with Crippen molar-refractivity contribution in [2.45, 2.75) is 16.9 Å². The van der Waals surface area contributed by atoms with Gasteiger partial charge in [-0.05, 0) is 24.1 Å². The van der Waals surface area contributed by atoms with E-state index in [2.05, 4.69) is 4.72 Å². The maximum Gasteiger partial charge on any atom is 0.241 e. The first-order valence-corrected chi connectivity index (χ1v) is 7.96. The van der Waals surface area contributed by atoms with Crippen LogP contribution in [-0.2, 0) is 16.4 Å². The number of aliphatic hydroxyl groups is 3. The summed E-state index contributed by atoms with van der Waals surface area (Å²) in [6.07, 6.45) is 0.628. The zero-order chi connectivity index (χ0) is 15.2. The topological polar surface area (TPSA) is 107 Å². The molecule has 0 saturated carbocycles. The summed E-state index contributed by atoms with van der Waals surface area (Å²) in [4.78, 5) is -0.0180. The summed E-state index contributed by atoms with van der Waals surface area (Å²) >= 11 is 5.60. The molecule has 0 heterocycles. The number of benzene rings is 1. The molecule has 6 nitrogen and oxygen atoms in total. The molecule has 0 atom stereocenters. The first kappa shape index (κ1) is 17.4. The first-order valence-electron chi connectivity index (χ1n) is 5.94. The summed E-state index contributed by atoms with van der Waals surface area (Å²) in [5, 5.41) is 27.4. The Balaban J connectivity index is 2.98. The van der Waals surface area contributed by atoms with Crippen molar-refractivity contribution in [3.05, 3.63) is 29.8 Å². The summed E-state index contributed by atoms with van der Waals surface area (Å²) in [5.74, 6) is 0.437. The van der Waals surface area contributed by atoms with Gasteiger partial charge in [-0.15, -0.1) is 11.6 Å². The van der Waals surface area contributed by atoms with Gasteiger partial charge in [0.2, 0.25) is 10.0 Å². The Bertz CT molecular complexity index is 505. The molecule has 0 aromatic heterocycles. The third-order valence-electron chi connectivity index (χ3n) is 2.88. The Morgan fingerprint density at radius 3 is 1.95 bits per heavy atom. The zero-order valence-electron chi connectivity index (χ0n) is 10.8. The minimum Gasteiger partial charge on any atom is -0.394 e. The van der Waals surface area contributed by atoms with Crippen LogP contribution in [0.2, 0.25) is 0 Å². The van der Waals surface area contributed by atoms with Crippen LogP contribution < -0.4 is 4.72 Å². The maximum atomic E-state index is 12.1. The molecular formula is C12H18ClNO5S. The number of halogens is 1. The molecular weight excluding hydrogens is 306 g/mol. The second-order valence-electron chi connectivity index (χ2n) is 4.44. The van der Waals surface area contributed by atoms with E-state index in [0.717, 1.165) is 5.56 Å². The highest BCUT2D eigenvalue weighted by molar-refractivity contribution is 7.89. The average molecular weight is 324 g/mol. The minimum absolute atomic E-state index is 0.0180. The number of aliphatic hydroxyl groups excluding tert-OH is 3. The molecule has 0 aliphatic heterocycles. The van der Waals surface area contributed by atoms with Gasteiger partial charge in [0, 0.05) is 5.88 Å². The Morgan fingerprint density at radius 2 is 1.55 bits per heavy atom. The van der Waals surface area contributed by atoms with E-state index in [1.165, 1.54) is 12.1 Å². The molecule has 1 aromatic carbocycles. The molecule has 114 valence electrons.